The van der Waals surface area contributed by atoms with Gasteiger partial charge in [0.2, 0.25) is 0 Å². The minimum atomic E-state index is -3.56. The van der Waals surface area contributed by atoms with Gasteiger partial charge in [-0.3, -0.25) is 4.72 Å². The van der Waals surface area contributed by atoms with Crippen LogP contribution in [-0.4, -0.2) is 13.4 Å². The van der Waals surface area contributed by atoms with Crippen LogP contribution in [0.5, 0.6) is 0 Å². The summed E-state index contributed by atoms with van der Waals surface area (Å²) in [5, 5.41) is 2.36. The van der Waals surface area contributed by atoms with Crippen molar-refractivity contribution < 1.29 is 8.42 Å². The van der Waals surface area contributed by atoms with Gasteiger partial charge in [-0.25, -0.2) is 13.4 Å². The van der Waals surface area contributed by atoms with Crippen LogP contribution < -0.4 is 10.5 Å². The first-order valence-electron chi connectivity index (χ1n) is 4.36. The number of nitrogens with one attached hydrogen (secondary N) is 1. The van der Waals surface area contributed by atoms with Gasteiger partial charge in [-0.15, -0.1) is 11.3 Å². The molecule has 2 aromatic heterocycles. The van der Waals surface area contributed by atoms with Crippen molar-refractivity contribution in [2.24, 2.45) is 0 Å². The summed E-state index contributed by atoms with van der Waals surface area (Å²) in [6.45, 7) is 0. The van der Waals surface area contributed by atoms with Gasteiger partial charge in [0.15, 0.2) is 0 Å². The van der Waals surface area contributed by atoms with Crippen molar-refractivity contribution in [2.45, 2.75) is 4.90 Å². The molecular weight excluding hydrogens is 246 g/mol. The van der Waals surface area contributed by atoms with Crippen molar-refractivity contribution in [2.75, 3.05) is 10.5 Å². The maximum absolute atomic E-state index is 11.8. The van der Waals surface area contributed by atoms with E-state index in [-0.39, 0.29) is 10.7 Å². The lowest BCUT2D eigenvalue weighted by Gasteiger charge is -2.05. The Morgan fingerprint density at radius 2 is 2.12 bits per heavy atom. The van der Waals surface area contributed by atoms with Crippen molar-refractivity contribution in [3.63, 3.8) is 0 Å². The summed E-state index contributed by atoms with van der Waals surface area (Å²) in [5.41, 5.74) is 5.38. The molecule has 7 heteroatoms. The van der Waals surface area contributed by atoms with E-state index in [0.29, 0.717) is 5.00 Å². The molecule has 0 aliphatic carbocycles. The van der Waals surface area contributed by atoms with Gasteiger partial charge in [0, 0.05) is 6.20 Å². The third-order valence-electron chi connectivity index (χ3n) is 1.83. The Hall–Kier alpha value is -1.60. The van der Waals surface area contributed by atoms with E-state index < -0.39 is 10.0 Å². The molecule has 0 aromatic carbocycles. The van der Waals surface area contributed by atoms with Crippen LogP contribution in [0.4, 0.5) is 10.8 Å². The first-order valence-corrected chi connectivity index (χ1v) is 6.72. The summed E-state index contributed by atoms with van der Waals surface area (Å²) in [6.07, 6.45) is 1.23. The largest absolute Gasteiger partial charge is 0.384 e. The fourth-order valence-electron chi connectivity index (χ4n) is 1.08. The van der Waals surface area contributed by atoms with Crippen molar-refractivity contribution in [3.05, 3.63) is 35.8 Å². The minimum absolute atomic E-state index is 0.0927. The van der Waals surface area contributed by atoms with Crippen LogP contribution in [0, 0.1) is 0 Å². The van der Waals surface area contributed by atoms with Gasteiger partial charge in [0.05, 0.1) is 0 Å². The van der Waals surface area contributed by atoms with Crippen LogP contribution in [0.2, 0.25) is 0 Å². The molecular formula is C9H9N3O2S2. The Morgan fingerprint density at radius 1 is 1.31 bits per heavy atom. The zero-order valence-electron chi connectivity index (χ0n) is 8.12. The normalized spacial score (nSPS) is 11.2. The number of aromatic nitrogens is 1. The Kier molecular flexibility index (Phi) is 2.80. The van der Waals surface area contributed by atoms with Gasteiger partial charge in [0.25, 0.3) is 10.0 Å². The third kappa shape index (κ3) is 2.31. The van der Waals surface area contributed by atoms with Crippen LogP contribution in [-0.2, 0) is 10.0 Å². The lowest BCUT2D eigenvalue weighted by atomic mass is 10.5. The second-order valence-electron chi connectivity index (χ2n) is 3.00. The SMILES string of the molecule is Nc1ccc(S(=O)(=O)Nc2cccs2)cn1. The second-order valence-corrected chi connectivity index (χ2v) is 5.63. The van der Waals surface area contributed by atoms with Gasteiger partial charge in [-0.1, -0.05) is 0 Å². The van der Waals surface area contributed by atoms with Crippen molar-refractivity contribution in [1.82, 2.24) is 4.98 Å². The van der Waals surface area contributed by atoms with E-state index in [0.717, 1.165) is 0 Å². The third-order valence-corrected chi connectivity index (χ3v) is 4.09. The minimum Gasteiger partial charge on any atom is -0.384 e. The fourth-order valence-corrected chi connectivity index (χ4v) is 2.95. The van der Waals surface area contributed by atoms with Crippen LogP contribution in [0.1, 0.15) is 0 Å². The molecule has 2 aromatic rings. The monoisotopic (exact) mass is 255 g/mol. The van der Waals surface area contributed by atoms with Crippen LogP contribution >= 0.6 is 11.3 Å². The highest BCUT2D eigenvalue weighted by atomic mass is 32.2. The molecule has 84 valence electrons. The number of hydrogen-bond donors (Lipinski definition) is 2. The smallest absolute Gasteiger partial charge is 0.264 e. The molecule has 3 N–H and O–H groups in total. The highest BCUT2D eigenvalue weighted by Gasteiger charge is 2.14. The highest BCUT2D eigenvalue weighted by molar-refractivity contribution is 7.93. The quantitative estimate of drug-likeness (QED) is 0.871. The van der Waals surface area contributed by atoms with Crippen molar-refractivity contribution in [3.8, 4) is 0 Å². The van der Waals surface area contributed by atoms with E-state index in [1.54, 1.807) is 17.5 Å². The lowest BCUT2D eigenvalue weighted by Crippen LogP contribution is -2.12. The molecule has 0 spiro atoms. The number of nitrogen functional groups attached to an aromatic ring is 1. The molecule has 0 unspecified atom stereocenters. The average molecular weight is 255 g/mol. The van der Waals surface area contributed by atoms with Gasteiger partial charge in [0.1, 0.15) is 15.7 Å². The summed E-state index contributed by atoms with van der Waals surface area (Å²) < 4.78 is 26.1. The molecule has 0 radical (unpaired) electrons. The van der Waals surface area contributed by atoms with Crippen LogP contribution in [0.25, 0.3) is 0 Å². The fraction of sp³-hybridized carbons (Fsp3) is 0. The zero-order valence-corrected chi connectivity index (χ0v) is 9.75. The van der Waals surface area contributed by atoms with E-state index >= 15 is 0 Å². The van der Waals surface area contributed by atoms with Crippen molar-refractivity contribution in [1.29, 1.82) is 0 Å². The first kappa shape index (κ1) is 10.9. The summed E-state index contributed by atoms with van der Waals surface area (Å²) in [5.74, 6) is 0.287. The molecule has 5 nitrogen and oxygen atoms in total. The molecule has 0 saturated heterocycles. The number of thiophene rings is 1. The number of nitrogens with zero attached hydrogens (tertiary/aromatic N) is 1. The molecule has 2 rings (SSSR count). The molecule has 0 aliphatic rings. The molecule has 16 heavy (non-hydrogen) atoms. The van der Waals surface area contributed by atoms with E-state index in [1.807, 2.05) is 0 Å². The molecule has 0 amide bonds. The Labute approximate surface area is 97.0 Å². The van der Waals surface area contributed by atoms with Crippen LogP contribution in [0.15, 0.2) is 40.7 Å². The van der Waals surface area contributed by atoms with Gasteiger partial charge >= 0.3 is 0 Å². The first-order chi connectivity index (χ1) is 7.58. The molecule has 0 fully saturated rings. The number of pyridine rings is 1. The number of hydrogen-bond acceptors (Lipinski definition) is 5. The number of sulfonamides is 1. The Balaban J connectivity index is 2.29. The van der Waals surface area contributed by atoms with Crippen molar-refractivity contribution >= 4 is 32.2 Å². The average Bonchev–Trinajstić information content (AvgIpc) is 2.70. The van der Waals surface area contributed by atoms with Crippen LogP contribution in [0.3, 0.4) is 0 Å². The second kappa shape index (κ2) is 4.11. The summed E-state index contributed by atoms with van der Waals surface area (Å²) in [4.78, 5) is 3.83. The summed E-state index contributed by atoms with van der Waals surface area (Å²) in [7, 11) is -3.56. The summed E-state index contributed by atoms with van der Waals surface area (Å²) >= 11 is 1.31. The number of anilines is 2. The maximum atomic E-state index is 11.8. The number of rotatable bonds is 3. The lowest BCUT2D eigenvalue weighted by molar-refractivity contribution is 0.601. The standard InChI is InChI=1S/C9H9N3O2S2/c10-8-4-3-7(6-11-8)16(13,14)12-9-2-1-5-15-9/h1-6,12H,(H2,10,11). The molecule has 2 heterocycles. The van der Waals surface area contributed by atoms with Gasteiger partial charge in [-0.05, 0) is 29.6 Å². The molecule has 0 saturated carbocycles. The Bertz CT molecular complexity index is 561. The predicted molar refractivity (Wildman–Crippen MR) is 63.8 cm³/mol. The highest BCUT2D eigenvalue weighted by Crippen LogP contribution is 2.20. The number of nitrogens with two attached hydrogens (primary N) is 1. The summed E-state index contributed by atoms with van der Waals surface area (Å²) in [6, 6.07) is 6.32. The molecule has 0 atom stereocenters. The molecule has 0 aliphatic heterocycles. The van der Waals surface area contributed by atoms with Gasteiger partial charge in [-0.2, -0.15) is 0 Å². The molecule has 0 bridgehead atoms. The van der Waals surface area contributed by atoms with E-state index in [9.17, 15) is 8.42 Å². The maximum Gasteiger partial charge on any atom is 0.264 e. The topological polar surface area (TPSA) is 85.1 Å². The van der Waals surface area contributed by atoms with E-state index in [1.165, 1.54) is 29.7 Å². The van der Waals surface area contributed by atoms with E-state index in [4.69, 9.17) is 5.73 Å². The van der Waals surface area contributed by atoms with E-state index in [2.05, 4.69) is 9.71 Å². The Morgan fingerprint density at radius 3 is 2.69 bits per heavy atom. The van der Waals surface area contributed by atoms with Gasteiger partial charge < -0.3 is 5.73 Å². The zero-order chi connectivity index (χ0) is 11.6. The predicted octanol–water partition coefficient (Wildman–Crippen LogP) is 1.53.